The Morgan fingerprint density at radius 2 is 2.09 bits per heavy atom. The zero-order valence-electron chi connectivity index (χ0n) is 7.63. The van der Waals surface area contributed by atoms with Crippen LogP contribution in [-0.4, -0.2) is 35.3 Å². The molecule has 0 aromatic rings. The van der Waals surface area contributed by atoms with Crippen molar-refractivity contribution in [1.82, 2.24) is 5.32 Å². The largest absolute Gasteiger partial charge is 0.392 e. The zero-order valence-corrected chi connectivity index (χ0v) is 8.45. The Morgan fingerprint density at radius 3 is 2.55 bits per heavy atom. The predicted octanol–water partition coefficient (Wildman–Crippen LogP) is 1.10. The van der Waals surface area contributed by atoms with Crippen LogP contribution in [0.25, 0.3) is 0 Å². The number of aliphatic hydroxyl groups is 1. The van der Waals surface area contributed by atoms with Crippen molar-refractivity contribution in [2.75, 3.05) is 18.1 Å². The van der Waals surface area contributed by atoms with Gasteiger partial charge in [-0.1, -0.05) is 6.92 Å². The minimum absolute atomic E-state index is 0.232. The Balaban J connectivity index is 3.15. The van der Waals surface area contributed by atoms with Crippen LogP contribution in [0.15, 0.2) is 0 Å². The van der Waals surface area contributed by atoms with Gasteiger partial charge in [0.15, 0.2) is 0 Å². The number of hydrogen-bond acceptors (Lipinski definition) is 3. The normalized spacial score (nSPS) is 16.4. The SMILES string of the molecule is CCSCC(C)NC[C@@H](C)O. The average molecular weight is 177 g/mol. The van der Waals surface area contributed by atoms with Gasteiger partial charge in [0, 0.05) is 18.3 Å². The van der Waals surface area contributed by atoms with Gasteiger partial charge >= 0.3 is 0 Å². The molecule has 1 unspecified atom stereocenters. The summed E-state index contributed by atoms with van der Waals surface area (Å²) in [6, 6.07) is 0.509. The fourth-order valence-electron chi connectivity index (χ4n) is 0.725. The van der Waals surface area contributed by atoms with Crippen molar-refractivity contribution < 1.29 is 5.11 Å². The monoisotopic (exact) mass is 177 g/mol. The lowest BCUT2D eigenvalue weighted by Gasteiger charge is -2.13. The van der Waals surface area contributed by atoms with Gasteiger partial charge in [-0.05, 0) is 19.6 Å². The van der Waals surface area contributed by atoms with E-state index in [2.05, 4.69) is 19.2 Å². The molecule has 0 spiro atoms. The maximum Gasteiger partial charge on any atom is 0.0636 e. The van der Waals surface area contributed by atoms with E-state index in [1.54, 1.807) is 6.92 Å². The standard InChI is InChI=1S/C8H19NOS/c1-4-11-6-7(2)9-5-8(3)10/h7-10H,4-6H2,1-3H3/t7?,8-/m1/s1. The van der Waals surface area contributed by atoms with Crippen LogP contribution in [0, 0.1) is 0 Å². The molecule has 0 fully saturated rings. The zero-order chi connectivity index (χ0) is 8.69. The van der Waals surface area contributed by atoms with E-state index in [0.717, 1.165) is 5.75 Å². The number of hydrogen-bond donors (Lipinski definition) is 2. The quantitative estimate of drug-likeness (QED) is 0.637. The second-order valence-electron chi connectivity index (χ2n) is 2.82. The van der Waals surface area contributed by atoms with E-state index in [0.29, 0.717) is 12.6 Å². The van der Waals surface area contributed by atoms with Gasteiger partial charge in [0.2, 0.25) is 0 Å². The third kappa shape index (κ3) is 8.17. The molecule has 0 aliphatic carbocycles. The van der Waals surface area contributed by atoms with Gasteiger partial charge in [-0.25, -0.2) is 0 Å². The number of nitrogens with one attached hydrogen (secondary N) is 1. The van der Waals surface area contributed by atoms with Crippen molar-refractivity contribution in [1.29, 1.82) is 0 Å². The molecule has 2 nitrogen and oxygen atoms in total. The molecule has 0 heterocycles. The first kappa shape index (κ1) is 11.3. The fraction of sp³-hybridized carbons (Fsp3) is 1.00. The molecule has 11 heavy (non-hydrogen) atoms. The third-order valence-electron chi connectivity index (χ3n) is 1.33. The Kier molecular flexibility index (Phi) is 7.12. The minimum Gasteiger partial charge on any atom is -0.392 e. The lowest BCUT2D eigenvalue weighted by atomic mass is 10.3. The molecule has 0 saturated carbocycles. The van der Waals surface area contributed by atoms with Crippen molar-refractivity contribution in [3.63, 3.8) is 0 Å². The summed E-state index contributed by atoms with van der Waals surface area (Å²) in [7, 11) is 0. The molecule has 0 rings (SSSR count). The first-order valence-electron chi connectivity index (χ1n) is 4.16. The molecule has 68 valence electrons. The molecule has 0 aromatic heterocycles. The van der Waals surface area contributed by atoms with Crippen molar-refractivity contribution >= 4 is 11.8 Å². The molecule has 0 bridgehead atoms. The highest BCUT2D eigenvalue weighted by atomic mass is 32.2. The van der Waals surface area contributed by atoms with Gasteiger partial charge < -0.3 is 10.4 Å². The number of thioether (sulfide) groups is 1. The summed E-state index contributed by atoms with van der Waals surface area (Å²) in [6.07, 6.45) is -0.232. The summed E-state index contributed by atoms with van der Waals surface area (Å²) in [6.45, 7) is 6.80. The Hall–Kier alpha value is 0.270. The van der Waals surface area contributed by atoms with E-state index >= 15 is 0 Å². The van der Waals surface area contributed by atoms with E-state index in [4.69, 9.17) is 5.11 Å². The van der Waals surface area contributed by atoms with E-state index in [9.17, 15) is 0 Å². The lowest BCUT2D eigenvalue weighted by molar-refractivity contribution is 0.188. The Labute approximate surface area is 73.8 Å². The molecule has 0 aliphatic rings. The Bertz CT molecular complexity index is 88.2. The molecule has 0 aromatic carbocycles. The summed E-state index contributed by atoms with van der Waals surface area (Å²) < 4.78 is 0. The van der Waals surface area contributed by atoms with Crippen molar-refractivity contribution in [2.45, 2.75) is 32.9 Å². The summed E-state index contributed by atoms with van der Waals surface area (Å²) in [5.41, 5.74) is 0. The van der Waals surface area contributed by atoms with E-state index in [-0.39, 0.29) is 6.10 Å². The van der Waals surface area contributed by atoms with E-state index in [1.165, 1.54) is 5.75 Å². The summed E-state index contributed by atoms with van der Waals surface area (Å²) in [4.78, 5) is 0. The highest BCUT2D eigenvalue weighted by molar-refractivity contribution is 7.99. The van der Waals surface area contributed by atoms with Crippen molar-refractivity contribution in [3.05, 3.63) is 0 Å². The molecule has 3 heteroatoms. The van der Waals surface area contributed by atoms with Gasteiger partial charge in [-0.3, -0.25) is 0 Å². The predicted molar refractivity (Wildman–Crippen MR) is 52.1 cm³/mol. The molecule has 2 atom stereocenters. The fourth-order valence-corrected chi connectivity index (χ4v) is 1.43. The number of aliphatic hydroxyl groups excluding tert-OH is 1. The maximum absolute atomic E-state index is 8.96. The molecular formula is C8H19NOS. The lowest BCUT2D eigenvalue weighted by Crippen LogP contribution is -2.34. The first-order chi connectivity index (χ1) is 5.16. The molecule has 0 radical (unpaired) electrons. The molecule has 0 aliphatic heterocycles. The smallest absolute Gasteiger partial charge is 0.0636 e. The molecule has 0 saturated heterocycles. The minimum atomic E-state index is -0.232. The third-order valence-corrected chi connectivity index (χ3v) is 2.48. The van der Waals surface area contributed by atoms with Crippen molar-refractivity contribution in [2.24, 2.45) is 0 Å². The van der Waals surface area contributed by atoms with Crippen LogP contribution in [0.5, 0.6) is 0 Å². The summed E-state index contributed by atoms with van der Waals surface area (Å²) >= 11 is 1.92. The highest BCUT2D eigenvalue weighted by Gasteiger charge is 2.01. The van der Waals surface area contributed by atoms with Gasteiger partial charge in [0.1, 0.15) is 0 Å². The van der Waals surface area contributed by atoms with Crippen LogP contribution in [-0.2, 0) is 0 Å². The van der Waals surface area contributed by atoms with Gasteiger partial charge in [0.25, 0.3) is 0 Å². The molecular weight excluding hydrogens is 158 g/mol. The van der Waals surface area contributed by atoms with E-state index < -0.39 is 0 Å². The topological polar surface area (TPSA) is 32.3 Å². The summed E-state index contributed by atoms with van der Waals surface area (Å²) in [5, 5.41) is 12.2. The number of rotatable bonds is 6. The van der Waals surface area contributed by atoms with Gasteiger partial charge in [-0.2, -0.15) is 11.8 Å². The van der Waals surface area contributed by atoms with E-state index in [1.807, 2.05) is 11.8 Å². The highest BCUT2D eigenvalue weighted by Crippen LogP contribution is 2.00. The van der Waals surface area contributed by atoms with Crippen LogP contribution in [0.2, 0.25) is 0 Å². The summed E-state index contributed by atoms with van der Waals surface area (Å²) in [5.74, 6) is 2.30. The average Bonchev–Trinajstić information content (AvgIpc) is 1.97. The van der Waals surface area contributed by atoms with Crippen LogP contribution in [0.3, 0.4) is 0 Å². The van der Waals surface area contributed by atoms with Crippen LogP contribution < -0.4 is 5.32 Å². The maximum atomic E-state index is 8.96. The van der Waals surface area contributed by atoms with Crippen molar-refractivity contribution in [3.8, 4) is 0 Å². The Morgan fingerprint density at radius 1 is 1.45 bits per heavy atom. The molecule has 0 amide bonds. The first-order valence-corrected chi connectivity index (χ1v) is 5.31. The molecule has 2 N–H and O–H groups in total. The van der Waals surface area contributed by atoms with Crippen LogP contribution >= 0.6 is 11.8 Å². The second-order valence-corrected chi connectivity index (χ2v) is 4.14. The second kappa shape index (κ2) is 6.95. The van der Waals surface area contributed by atoms with Crippen LogP contribution in [0.4, 0.5) is 0 Å². The van der Waals surface area contributed by atoms with Gasteiger partial charge in [0.05, 0.1) is 6.10 Å². The van der Waals surface area contributed by atoms with Crippen LogP contribution in [0.1, 0.15) is 20.8 Å². The van der Waals surface area contributed by atoms with Gasteiger partial charge in [-0.15, -0.1) is 0 Å².